The normalized spacial score (nSPS) is 21.8. The van der Waals surface area contributed by atoms with Gasteiger partial charge in [-0.1, -0.05) is 24.3 Å². The maximum absolute atomic E-state index is 6.19. The molecular formula is C18H18O3. The Hall–Kier alpha value is -2.16. The number of aryl methyl sites for hydroxylation is 1. The maximum Gasteiger partial charge on any atom is 0.131 e. The van der Waals surface area contributed by atoms with Crippen LogP contribution in [0.2, 0.25) is 0 Å². The Morgan fingerprint density at radius 2 is 1.95 bits per heavy atom. The molecule has 0 radical (unpaired) electrons. The topological polar surface area (TPSA) is 27.7 Å². The summed E-state index contributed by atoms with van der Waals surface area (Å²) in [5.74, 6) is 2.80. The lowest BCUT2D eigenvalue weighted by molar-refractivity contribution is 0.198. The molecule has 2 aromatic carbocycles. The van der Waals surface area contributed by atoms with Crippen molar-refractivity contribution in [2.45, 2.75) is 24.9 Å². The molecule has 2 atom stereocenters. The van der Waals surface area contributed by atoms with Gasteiger partial charge in [0.15, 0.2) is 0 Å². The summed E-state index contributed by atoms with van der Waals surface area (Å²) in [5, 5.41) is 0. The molecule has 0 bridgehead atoms. The molecule has 1 aliphatic heterocycles. The van der Waals surface area contributed by atoms with Crippen LogP contribution < -0.4 is 14.2 Å². The molecule has 0 saturated heterocycles. The van der Waals surface area contributed by atoms with Crippen molar-refractivity contribution < 1.29 is 14.2 Å². The number of rotatable bonds is 2. The third-order valence-corrected chi connectivity index (χ3v) is 4.58. The summed E-state index contributed by atoms with van der Waals surface area (Å²) in [4.78, 5) is 0. The Morgan fingerprint density at radius 3 is 2.76 bits per heavy atom. The van der Waals surface area contributed by atoms with Crippen molar-refractivity contribution in [1.29, 1.82) is 0 Å². The molecule has 2 aromatic rings. The zero-order valence-electron chi connectivity index (χ0n) is 12.3. The molecule has 4 rings (SSSR count). The van der Waals surface area contributed by atoms with Crippen molar-refractivity contribution in [2.24, 2.45) is 0 Å². The third kappa shape index (κ3) is 1.80. The summed E-state index contributed by atoms with van der Waals surface area (Å²) in [6, 6.07) is 12.6. The minimum Gasteiger partial charge on any atom is -0.496 e. The van der Waals surface area contributed by atoms with Gasteiger partial charge in [-0.15, -0.1) is 0 Å². The predicted molar refractivity (Wildman–Crippen MR) is 80.6 cm³/mol. The average molecular weight is 282 g/mol. The fraction of sp³-hybridized carbons (Fsp3) is 0.333. The second kappa shape index (κ2) is 4.69. The Balaban J connectivity index is 1.91. The van der Waals surface area contributed by atoms with Crippen LogP contribution in [0.1, 0.15) is 29.0 Å². The van der Waals surface area contributed by atoms with E-state index in [4.69, 9.17) is 14.2 Å². The quantitative estimate of drug-likeness (QED) is 0.843. The lowest BCUT2D eigenvalue weighted by atomic mass is 9.78. The van der Waals surface area contributed by atoms with Crippen molar-refractivity contribution in [3.05, 3.63) is 53.1 Å². The van der Waals surface area contributed by atoms with Crippen molar-refractivity contribution >= 4 is 0 Å². The number of benzene rings is 2. The third-order valence-electron chi connectivity index (χ3n) is 4.58. The highest BCUT2D eigenvalue weighted by Gasteiger charge is 2.41. The van der Waals surface area contributed by atoms with Gasteiger partial charge in [-0.05, 0) is 24.0 Å². The maximum atomic E-state index is 6.19. The highest BCUT2D eigenvalue weighted by Crippen LogP contribution is 2.52. The van der Waals surface area contributed by atoms with Gasteiger partial charge < -0.3 is 14.2 Å². The summed E-state index contributed by atoms with van der Waals surface area (Å²) in [6.07, 6.45) is 2.32. The van der Waals surface area contributed by atoms with Crippen LogP contribution in [0, 0.1) is 0 Å². The van der Waals surface area contributed by atoms with Crippen LogP contribution in [0.25, 0.3) is 0 Å². The Labute approximate surface area is 124 Å². The first kappa shape index (κ1) is 12.6. The molecule has 3 heteroatoms. The first-order chi connectivity index (χ1) is 10.3. The number of hydrogen-bond acceptors (Lipinski definition) is 3. The molecule has 1 heterocycles. The van der Waals surface area contributed by atoms with E-state index in [1.807, 2.05) is 12.1 Å². The summed E-state index contributed by atoms with van der Waals surface area (Å²) >= 11 is 0. The molecule has 2 aliphatic rings. The summed E-state index contributed by atoms with van der Waals surface area (Å²) in [7, 11) is 3.37. The molecule has 21 heavy (non-hydrogen) atoms. The van der Waals surface area contributed by atoms with Gasteiger partial charge in [0.25, 0.3) is 0 Å². The van der Waals surface area contributed by atoms with Crippen LogP contribution in [0.3, 0.4) is 0 Å². The van der Waals surface area contributed by atoms with Crippen LogP contribution in [0.15, 0.2) is 36.4 Å². The molecule has 0 N–H and O–H groups in total. The van der Waals surface area contributed by atoms with E-state index in [9.17, 15) is 0 Å². The summed E-state index contributed by atoms with van der Waals surface area (Å²) in [6.45, 7) is 0. The van der Waals surface area contributed by atoms with Crippen molar-refractivity contribution in [3.63, 3.8) is 0 Å². The van der Waals surface area contributed by atoms with Gasteiger partial charge in [-0.3, -0.25) is 0 Å². The molecule has 0 amide bonds. The van der Waals surface area contributed by atoms with E-state index in [0.29, 0.717) is 0 Å². The highest BCUT2D eigenvalue weighted by atomic mass is 16.5. The van der Waals surface area contributed by atoms with Crippen LogP contribution in [-0.2, 0) is 6.42 Å². The van der Waals surface area contributed by atoms with Crippen LogP contribution in [0.5, 0.6) is 17.2 Å². The van der Waals surface area contributed by atoms with E-state index in [1.54, 1.807) is 14.2 Å². The van der Waals surface area contributed by atoms with E-state index >= 15 is 0 Å². The standard InChI is InChI=1S/C18H18O3/c1-19-12-9-15(20-2)18-16(10-12)21-14-8-7-11-5-3-4-6-13(11)17(14)18/h3-6,9-10,14,17H,7-8H2,1-2H3/t14-,17+/m1/s1. The number of ether oxygens (including phenoxy) is 3. The molecule has 1 aliphatic carbocycles. The van der Waals surface area contributed by atoms with Gasteiger partial charge in [0.2, 0.25) is 0 Å². The predicted octanol–water partition coefficient (Wildman–Crippen LogP) is 3.54. The SMILES string of the molecule is COc1cc(OC)c2c(c1)O[C@@H]1CCc3ccccc3[C@H]21. The van der Waals surface area contributed by atoms with E-state index in [2.05, 4.69) is 24.3 Å². The average Bonchev–Trinajstić information content (AvgIpc) is 2.92. The van der Waals surface area contributed by atoms with Crippen LogP contribution in [0.4, 0.5) is 0 Å². The van der Waals surface area contributed by atoms with Crippen LogP contribution >= 0.6 is 0 Å². The smallest absolute Gasteiger partial charge is 0.131 e. The zero-order valence-corrected chi connectivity index (χ0v) is 12.3. The van der Waals surface area contributed by atoms with Gasteiger partial charge >= 0.3 is 0 Å². The van der Waals surface area contributed by atoms with Crippen LogP contribution in [-0.4, -0.2) is 20.3 Å². The monoisotopic (exact) mass is 282 g/mol. The molecule has 3 nitrogen and oxygen atoms in total. The number of methoxy groups -OCH3 is 2. The lowest BCUT2D eigenvalue weighted by Crippen LogP contribution is -2.26. The van der Waals surface area contributed by atoms with E-state index in [-0.39, 0.29) is 12.0 Å². The van der Waals surface area contributed by atoms with Gasteiger partial charge in [0.1, 0.15) is 23.4 Å². The Kier molecular flexibility index (Phi) is 2.81. The lowest BCUT2D eigenvalue weighted by Gasteiger charge is -2.27. The highest BCUT2D eigenvalue weighted by molar-refractivity contribution is 5.59. The Morgan fingerprint density at radius 1 is 1.10 bits per heavy atom. The minimum absolute atomic E-state index is 0.205. The molecule has 0 spiro atoms. The van der Waals surface area contributed by atoms with Crippen molar-refractivity contribution in [2.75, 3.05) is 14.2 Å². The van der Waals surface area contributed by atoms with Gasteiger partial charge in [0.05, 0.1) is 20.1 Å². The molecule has 0 fully saturated rings. The number of fused-ring (bicyclic) bond motifs is 5. The van der Waals surface area contributed by atoms with Crippen molar-refractivity contribution in [3.8, 4) is 17.2 Å². The van der Waals surface area contributed by atoms with Gasteiger partial charge in [-0.2, -0.15) is 0 Å². The van der Waals surface area contributed by atoms with E-state index < -0.39 is 0 Å². The molecule has 0 aromatic heterocycles. The first-order valence-electron chi connectivity index (χ1n) is 7.32. The number of hydrogen-bond donors (Lipinski definition) is 0. The fourth-order valence-corrected chi connectivity index (χ4v) is 3.63. The molecule has 0 unspecified atom stereocenters. The summed E-state index contributed by atoms with van der Waals surface area (Å²) in [5.41, 5.74) is 3.96. The summed E-state index contributed by atoms with van der Waals surface area (Å²) < 4.78 is 17.1. The second-order valence-electron chi connectivity index (χ2n) is 5.61. The molecule has 0 saturated carbocycles. The first-order valence-corrected chi connectivity index (χ1v) is 7.32. The second-order valence-corrected chi connectivity index (χ2v) is 5.61. The van der Waals surface area contributed by atoms with E-state index in [1.165, 1.54) is 11.1 Å². The fourth-order valence-electron chi connectivity index (χ4n) is 3.63. The zero-order chi connectivity index (χ0) is 14.4. The minimum atomic E-state index is 0.205. The van der Waals surface area contributed by atoms with Gasteiger partial charge in [-0.25, -0.2) is 0 Å². The van der Waals surface area contributed by atoms with Crippen molar-refractivity contribution in [1.82, 2.24) is 0 Å². The van der Waals surface area contributed by atoms with E-state index in [0.717, 1.165) is 35.7 Å². The van der Waals surface area contributed by atoms with Gasteiger partial charge in [0, 0.05) is 17.7 Å². The largest absolute Gasteiger partial charge is 0.496 e. The Bertz CT molecular complexity index is 693. The molecular weight excluding hydrogens is 264 g/mol. The molecule has 108 valence electrons.